The number of para-hydroxylation sites is 1. The van der Waals surface area contributed by atoms with Crippen LogP contribution in [0.25, 0.3) is 0 Å². The van der Waals surface area contributed by atoms with Crippen molar-refractivity contribution in [2.75, 3.05) is 6.61 Å². The van der Waals surface area contributed by atoms with Gasteiger partial charge in [-0.25, -0.2) is 0 Å². The van der Waals surface area contributed by atoms with E-state index in [-0.39, 0.29) is 24.1 Å². The van der Waals surface area contributed by atoms with Crippen molar-refractivity contribution in [1.82, 2.24) is 5.32 Å². The minimum atomic E-state index is -0.527. The molecule has 2 aromatic carbocycles. The number of aryl methyl sites for hydroxylation is 1. The van der Waals surface area contributed by atoms with Crippen LogP contribution in [0.2, 0.25) is 10.0 Å². The first-order valence-electron chi connectivity index (χ1n) is 7.40. The van der Waals surface area contributed by atoms with Crippen molar-refractivity contribution in [2.45, 2.75) is 19.9 Å². The maximum atomic E-state index is 12.1. The number of rotatable bonds is 6. The van der Waals surface area contributed by atoms with Gasteiger partial charge in [0.25, 0.3) is 5.91 Å². The van der Waals surface area contributed by atoms with E-state index in [1.54, 1.807) is 44.2 Å². The van der Waals surface area contributed by atoms with Crippen LogP contribution in [-0.2, 0) is 4.79 Å². The Morgan fingerprint density at radius 3 is 2.64 bits per heavy atom. The molecule has 8 heteroatoms. The van der Waals surface area contributed by atoms with Crippen molar-refractivity contribution in [3.05, 3.63) is 67.7 Å². The molecule has 1 unspecified atom stereocenters. The minimum absolute atomic E-state index is 0.0577. The van der Waals surface area contributed by atoms with Gasteiger partial charge in [0, 0.05) is 5.56 Å². The topological polar surface area (TPSA) is 81.5 Å². The van der Waals surface area contributed by atoms with Gasteiger partial charge in [-0.1, -0.05) is 41.4 Å². The minimum Gasteiger partial charge on any atom is -0.477 e. The van der Waals surface area contributed by atoms with Gasteiger partial charge in [0.15, 0.2) is 12.4 Å². The molecule has 1 atom stereocenters. The van der Waals surface area contributed by atoms with Gasteiger partial charge in [0.2, 0.25) is 0 Å². The zero-order chi connectivity index (χ0) is 18.6. The van der Waals surface area contributed by atoms with Gasteiger partial charge in [0.05, 0.1) is 21.0 Å². The normalized spacial score (nSPS) is 11.7. The second kappa shape index (κ2) is 8.18. The average molecular weight is 383 g/mol. The highest BCUT2D eigenvalue weighted by molar-refractivity contribution is 6.42. The van der Waals surface area contributed by atoms with Crippen molar-refractivity contribution < 1.29 is 14.5 Å². The van der Waals surface area contributed by atoms with E-state index >= 15 is 0 Å². The lowest BCUT2D eigenvalue weighted by Gasteiger charge is -2.15. The summed E-state index contributed by atoms with van der Waals surface area (Å²) in [6, 6.07) is 9.45. The molecule has 0 spiro atoms. The molecule has 1 amide bonds. The first kappa shape index (κ1) is 19.0. The largest absolute Gasteiger partial charge is 0.477 e. The zero-order valence-corrected chi connectivity index (χ0v) is 15.1. The molecule has 6 nitrogen and oxygen atoms in total. The van der Waals surface area contributed by atoms with Gasteiger partial charge in [-0.05, 0) is 37.6 Å². The summed E-state index contributed by atoms with van der Waals surface area (Å²) in [7, 11) is 0. The lowest BCUT2D eigenvalue weighted by atomic mass is 10.1. The summed E-state index contributed by atoms with van der Waals surface area (Å²) >= 11 is 11.8. The third-order valence-electron chi connectivity index (χ3n) is 3.56. The Hall–Kier alpha value is -2.31. The molecule has 0 radical (unpaired) electrons. The van der Waals surface area contributed by atoms with E-state index in [0.29, 0.717) is 15.6 Å². The van der Waals surface area contributed by atoms with Gasteiger partial charge < -0.3 is 10.1 Å². The number of nitro groups is 1. The first-order valence-corrected chi connectivity index (χ1v) is 8.16. The molecule has 0 bridgehead atoms. The van der Waals surface area contributed by atoms with Gasteiger partial charge in [-0.15, -0.1) is 0 Å². The molecule has 0 aliphatic heterocycles. The summed E-state index contributed by atoms with van der Waals surface area (Å²) in [5, 5.41) is 14.7. The Labute approximate surface area is 154 Å². The molecule has 132 valence electrons. The van der Waals surface area contributed by atoms with Crippen LogP contribution in [-0.4, -0.2) is 17.4 Å². The summed E-state index contributed by atoms with van der Waals surface area (Å²) < 4.78 is 5.32. The summed E-state index contributed by atoms with van der Waals surface area (Å²) in [6.07, 6.45) is 0. The predicted molar refractivity (Wildman–Crippen MR) is 96.3 cm³/mol. The monoisotopic (exact) mass is 382 g/mol. The zero-order valence-electron chi connectivity index (χ0n) is 13.6. The Bertz CT molecular complexity index is 811. The highest BCUT2D eigenvalue weighted by Gasteiger charge is 2.19. The van der Waals surface area contributed by atoms with Crippen LogP contribution in [0.4, 0.5) is 5.69 Å². The summed E-state index contributed by atoms with van der Waals surface area (Å²) in [4.78, 5) is 22.6. The van der Waals surface area contributed by atoms with Crippen LogP contribution in [0.1, 0.15) is 24.1 Å². The SMILES string of the molecule is Cc1cccc(OCC(=O)NC(C)c2ccc(Cl)c(Cl)c2)c1[N+](=O)[O-]. The maximum Gasteiger partial charge on any atom is 0.313 e. The first-order chi connectivity index (χ1) is 11.8. The molecule has 25 heavy (non-hydrogen) atoms. The van der Waals surface area contributed by atoms with Gasteiger partial charge in [-0.3, -0.25) is 14.9 Å². The lowest BCUT2D eigenvalue weighted by molar-refractivity contribution is -0.386. The number of ether oxygens (including phenoxy) is 1. The van der Waals surface area contributed by atoms with Crippen LogP contribution in [0.3, 0.4) is 0 Å². The van der Waals surface area contributed by atoms with Crippen LogP contribution in [0.5, 0.6) is 5.75 Å². The number of hydrogen-bond donors (Lipinski definition) is 1. The number of nitrogens with one attached hydrogen (secondary N) is 1. The van der Waals surface area contributed by atoms with Crippen LogP contribution in [0, 0.1) is 17.0 Å². The second-order valence-corrected chi connectivity index (χ2v) is 6.24. The molecule has 0 fully saturated rings. The number of amides is 1. The van der Waals surface area contributed by atoms with Crippen molar-refractivity contribution in [2.24, 2.45) is 0 Å². The second-order valence-electron chi connectivity index (χ2n) is 5.43. The lowest BCUT2D eigenvalue weighted by Crippen LogP contribution is -2.31. The predicted octanol–water partition coefficient (Wildman–Crippen LogP) is 4.47. The molecule has 2 rings (SSSR count). The third kappa shape index (κ3) is 4.84. The number of hydrogen-bond acceptors (Lipinski definition) is 4. The Balaban J connectivity index is 2.00. The van der Waals surface area contributed by atoms with E-state index < -0.39 is 10.8 Å². The van der Waals surface area contributed by atoms with Crippen molar-refractivity contribution in [1.29, 1.82) is 0 Å². The molecular formula is C17H16Cl2N2O4. The van der Waals surface area contributed by atoms with E-state index in [9.17, 15) is 14.9 Å². The quantitative estimate of drug-likeness (QED) is 0.590. The van der Waals surface area contributed by atoms with E-state index in [0.717, 1.165) is 5.56 Å². The Morgan fingerprint density at radius 2 is 2.00 bits per heavy atom. The molecule has 0 saturated heterocycles. The molecule has 0 aliphatic rings. The van der Waals surface area contributed by atoms with Crippen LogP contribution < -0.4 is 10.1 Å². The summed E-state index contributed by atoms with van der Waals surface area (Å²) in [6.45, 7) is 3.06. The average Bonchev–Trinajstić information content (AvgIpc) is 2.55. The molecule has 1 N–H and O–H groups in total. The molecule has 0 aliphatic carbocycles. The van der Waals surface area contributed by atoms with Gasteiger partial charge >= 0.3 is 5.69 Å². The van der Waals surface area contributed by atoms with E-state index in [2.05, 4.69) is 5.32 Å². The summed E-state index contributed by atoms with van der Waals surface area (Å²) in [5.74, 6) is -0.350. The smallest absolute Gasteiger partial charge is 0.313 e. The van der Waals surface area contributed by atoms with E-state index in [1.165, 1.54) is 6.07 Å². The van der Waals surface area contributed by atoms with Crippen molar-refractivity contribution in [3.63, 3.8) is 0 Å². The number of benzene rings is 2. The number of halogens is 2. The van der Waals surface area contributed by atoms with Crippen molar-refractivity contribution in [3.8, 4) is 5.75 Å². The number of carbonyl (C=O) groups is 1. The molecular weight excluding hydrogens is 367 g/mol. The van der Waals surface area contributed by atoms with E-state index in [1.807, 2.05) is 0 Å². The fraction of sp³-hybridized carbons (Fsp3) is 0.235. The maximum absolute atomic E-state index is 12.1. The number of nitro benzene ring substituents is 1. The Kier molecular flexibility index (Phi) is 6.22. The number of nitrogens with zero attached hydrogens (tertiary/aromatic N) is 1. The van der Waals surface area contributed by atoms with Crippen molar-refractivity contribution >= 4 is 34.8 Å². The molecule has 0 saturated carbocycles. The van der Waals surface area contributed by atoms with E-state index in [4.69, 9.17) is 27.9 Å². The number of carbonyl (C=O) groups excluding carboxylic acids is 1. The summed E-state index contributed by atoms with van der Waals surface area (Å²) in [5.41, 5.74) is 1.10. The Morgan fingerprint density at radius 1 is 1.28 bits per heavy atom. The van der Waals surface area contributed by atoms with Crippen LogP contribution >= 0.6 is 23.2 Å². The van der Waals surface area contributed by atoms with Gasteiger partial charge in [-0.2, -0.15) is 0 Å². The highest BCUT2D eigenvalue weighted by Crippen LogP contribution is 2.30. The van der Waals surface area contributed by atoms with Gasteiger partial charge in [0.1, 0.15) is 0 Å². The fourth-order valence-electron chi connectivity index (χ4n) is 2.27. The molecule has 0 aromatic heterocycles. The molecule has 0 heterocycles. The molecule has 2 aromatic rings. The standard InChI is InChI=1S/C17H16Cl2N2O4/c1-10-4-3-5-15(17(10)21(23)24)25-9-16(22)20-11(2)12-6-7-13(18)14(19)8-12/h3-8,11H,9H2,1-2H3,(H,20,22). The highest BCUT2D eigenvalue weighted by atomic mass is 35.5. The fourth-order valence-corrected chi connectivity index (χ4v) is 2.58. The third-order valence-corrected chi connectivity index (χ3v) is 4.30. The van der Waals surface area contributed by atoms with Crippen LogP contribution in [0.15, 0.2) is 36.4 Å².